The van der Waals surface area contributed by atoms with Crippen LogP contribution in [-0.2, 0) is 27.4 Å². The van der Waals surface area contributed by atoms with Crippen LogP contribution in [0.1, 0.15) is 30.9 Å². The van der Waals surface area contributed by atoms with Gasteiger partial charge >= 0.3 is 12.8 Å². The van der Waals surface area contributed by atoms with E-state index in [0.29, 0.717) is 10.5 Å². The predicted octanol–water partition coefficient (Wildman–Crippen LogP) is 5.59. The number of nitrogens with zero attached hydrogens (tertiary/aromatic N) is 3. The first-order valence-corrected chi connectivity index (χ1v) is 13.6. The Morgan fingerprint density at radius 1 is 1.10 bits per heavy atom. The third-order valence-electron chi connectivity index (χ3n) is 6.62. The Morgan fingerprint density at radius 2 is 1.78 bits per heavy atom. The highest BCUT2D eigenvalue weighted by Gasteiger charge is 2.48. The highest BCUT2D eigenvalue weighted by atomic mass is 32.2. The van der Waals surface area contributed by atoms with E-state index in [1.807, 2.05) is 0 Å². The number of alkyl halides is 6. The maximum absolute atomic E-state index is 14.7. The average molecular weight is 606 g/mol. The van der Waals surface area contributed by atoms with Crippen LogP contribution in [0.2, 0.25) is 0 Å². The van der Waals surface area contributed by atoms with Crippen molar-refractivity contribution in [3.8, 4) is 17.1 Å². The van der Waals surface area contributed by atoms with Gasteiger partial charge in [0, 0.05) is 36.9 Å². The predicted molar refractivity (Wildman–Crippen MR) is 131 cm³/mol. The number of hydrogen-bond acceptors (Lipinski definition) is 6. The number of aryl methyl sites for hydroxylation is 1. The van der Waals surface area contributed by atoms with Crippen molar-refractivity contribution in [2.24, 2.45) is 0 Å². The molecule has 3 aromatic rings. The molecule has 1 aliphatic heterocycles. The molecule has 3 atom stereocenters. The molecule has 0 radical (unpaired) electrons. The van der Waals surface area contributed by atoms with Gasteiger partial charge in [-0.05, 0) is 55.3 Å². The minimum absolute atomic E-state index is 0.00429. The van der Waals surface area contributed by atoms with Crippen molar-refractivity contribution < 1.29 is 48.7 Å². The molecular formula is C26H22F7N3O4S. The second-order valence-corrected chi connectivity index (χ2v) is 11.1. The summed E-state index contributed by atoms with van der Waals surface area (Å²) >= 11 is 0. The number of hydrogen-bond donors (Lipinski definition) is 0. The molecule has 7 nitrogen and oxygen atoms in total. The number of pyridine rings is 2. The van der Waals surface area contributed by atoms with Gasteiger partial charge < -0.3 is 4.74 Å². The Morgan fingerprint density at radius 3 is 2.37 bits per heavy atom. The smallest absolute Gasteiger partial charge is 0.417 e. The van der Waals surface area contributed by atoms with E-state index in [0.717, 1.165) is 42.6 Å². The summed E-state index contributed by atoms with van der Waals surface area (Å²) in [5, 5.41) is 0. The number of benzene rings is 1. The van der Waals surface area contributed by atoms with Gasteiger partial charge in [0.1, 0.15) is 12.0 Å². The lowest BCUT2D eigenvalue weighted by Gasteiger charge is -2.27. The molecule has 0 unspecified atom stereocenters. The Labute approximate surface area is 230 Å². The number of ether oxygens (including phenoxy) is 1. The van der Waals surface area contributed by atoms with Crippen LogP contribution < -0.4 is 4.74 Å². The molecule has 2 aromatic heterocycles. The number of sulfonamides is 1. The average Bonchev–Trinajstić information content (AvgIpc) is 3.21. The zero-order valence-corrected chi connectivity index (χ0v) is 22.0. The van der Waals surface area contributed by atoms with E-state index in [2.05, 4.69) is 14.7 Å². The fourth-order valence-corrected chi connectivity index (χ4v) is 6.41. The number of ketones is 1. The monoisotopic (exact) mass is 605 g/mol. The lowest BCUT2D eigenvalue weighted by atomic mass is 9.98. The van der Waals surface area contributed by atoms with E-state index in [-0.39, 0.29) is 21.7 Å². The Balaban J connectivity index is 1.59. The molecule has 3 heterocycles. The summed E-state index contributed by atoms with van der Waals surface area (Å²) in [5.41, 5.74) is -1.32. The molecule has 0 saturated carbocycles. The molecule has 220 valence electrons. The van der Waals surface area contributed by atoms with Crippen LogP contribution in [0.4, 0.5) is 30.7 Å². The van der Waals surface area contributed by atoms with Gasteiger partial charge in [0.2, 0.25) is 15.9 Å². The summed E-state index contributed by atoms with van der Waals surface area (Å²) in [6.07, 6.45) is -6.49. The van der Waals surface area contributed by atoms with Crippen LogP contribution in [0.5, 0.6) is 5.88 Å². The van der Waals surface area contributed by atoms with Gasteiger partial charge in [-0.1, -0.05) is 0 Å². The van der Waals surface area contributed by atoms with Gasteiger partial charge in [0.15, 0.2) is 5.78 Å². The molecule has 15 heteroatoms. The quantitative estimate of drug-likeness (QED) is 0.296. The lowest BCUT2D eigenvalue weighted by molar-refractivity contribution is -0.138. The first kappa shape index (κ1) is 30.4. The SMILES string of the molecule is C[C@H]1[C@H](F)C[C@@H](C(=O)CCc2cc(-c3ccc(OC(F)F)nc3)ncc2C(F)(F)F)N1S(=O)(=O)c1ccc(F)cc1. The van der Waals surface area contributed by atoms with Crippen LogP contribution in [-0.4, -0.2) is 53.3 Å². The lowest BCUT2D eigenvalue weighted by Crippen LogP contribution is -2.44. The van der Waals surface area contributed by atoms with Crippen LogP contribution >= 0.6 is 0 Å². The van der Waals surface area contributed by atoms with Crippen LogP contribution in [0.25, 0.3) is 11.3 Å². The number of carbonyl (C=O) groups excluding carboxylic acids is 1. The number of carbonyl (C=O) groups is 1. The van der Waals surface area contributed by atoms with Gasteiger partial charge in [-0.25, -0.2) is 22.2 Å². The van der Waals surface area contributed by atoms with Crippen molar-refractivity contribution in [3.05, 3.63) is 71.8 Å². The third kappa shape index (κ3) is 6.67. The molecular weight excluding hydrogens is 583 g/mol. The van der Waals surface area contributed by atoms with E-state index >= 15 is 0 Å². The summed E-state index contributed by atoms with van der Waals surface area (Å²) in [7, 11) is -4.45. The van der Waals surface area contributed by atoms with Crippen LogP contribution in [0.3, 0.4) is 0 Å². The van der Waals surface area contributed by atoms with Gasteiger partial charge in [-0.2, -0.15) is 26.3 Å². The molecule has 4 rings (SSSR count). The Bertz CT molecular complexity index is 1500. The van der Waals surface area contributed by atoms with E-state index in [4.69, 9.17) is 0 Å². The molecule has 0 aliphatic carbocycles. The Hall–Kier alpha value is -3.59. The molecule has 41 heavy (non-hydrogen) atoms. The minimum atomic E-state index is -4.85. The largest absolute Gasteiger partial charge is 0.418 e. The molecule has 0 spiro atoms. The number of halogens is 7. The van der Waals surface area contributed by atoms with Crippen molar-refractivity contribution in [2.45, 2.75) is 62.1 Å². The normalized spacial score (nSPS) is 20.0. The second kappa shape index (κ2) is 11.7. The summed E-state index contributed by atoms with van der Waals surface area (Å²) in [4.78, 5) is 20.3. The Kier molecular flexibility index (Phi) is 8.68. The highest BCUT2D eigenvalue weighted by molar-refractivity contribution is 7.89. The topological polar surface area (TPSA) is 89.5 Å². The van der Waals surface area contributed by atoms with Gasteiger partial charge in [0.25, 0.3) is 0 Å². The fraction of sp³-hybridized carbons (Fsp3) is 0.346. The van der Waals surface area contributed by atoms with Gasteiger partial charge in [0.05, 0.1) is 28.2 Å². The van der Waals surface area contributed by atoms with Gasteiger partial charge in [-0.15, -0.1) is 0 Å². The second-order valence-electron chi connectivity index (χ2n) is 9.25. The van der Waals surface area contributed by atoms with Gasteiger partial charge in [-0.3, -0.25) is 9.78 Å². The first-order chi connectivity index (χ1) is 19.2. The molecule has 1 fully saturated rings. The number of aromatic nitrogens is 2. The van der Waals surface area contributed by atoms with Crippen molar-refractivity contribution >= 4 is 15.8 Å². The molecule has 0 amide bonds. The van der Waals surface area contributed by atoms with E-state index in [1.165, 1.54) is 13.0 Å². The summed E-state index contributed by atoms with van der Waals surface area (Å²) < 4.78 is 125. The zero-order valence-electron chi connectivity index (χ0n) is 21.2. The number of Topliss-reactive ketones (excluding diaryl/α,β-unsaturated/α-hetero) is 1. The molecule has 0 N–H and O–H groups in total. The third-order valence-corrected chi connectivity index (χ3v) is 8.63. The van der Waals surface area contributed by atoms with Crippen LogP contribution in [0.15, 0.2) is 59.8 Å². The summed E-state index contributed by atoms with van der Waals surface area (Å²) in [5.74, 6) is -1.93. The van der Waals surface area contributed by atoms with E-state index in [9.17, 15) is 43.9 Å². The first-order valence-electron chi connectivity index (χ1n) is 12.1. The van der Waals surface area contributed by atoms with Crippen molar-refractivity contribution in [2.75, 3.05) is 0 Å². The van der Waals surface area contributed by atoms with E-state index < -0.39 is 83.4 Å². The maximum Gasteiger partial charge on any atom is 0.418 e. The molecule has 0 bridgehead atoms. The number of rotatable bonds is 9. The molecule has 1 saturated heterocycles. The summed E-state index contributed by atoms with van der Waals surface area (Å²) in [6, 6.07) is 4.39. The highest BCUT2D eigenvalue weighted by Crippen LogP contribution is 2.36. The standard InChI is InChI=1S/C26H22F7N3O4S/c1-14-20(28)11-22(36(14)41(38,39)18-6-4-17(27)5-7-18)23(37)8-2-15-10-21(34-13-19(15)26(31,32)33)16-3-9-24(35-12-16)40-25(29)30/h3-7,9-10,12-14,20,22,25H,2,8,11H2,1H3/t14-,20+,22-/m0/s1. The minimum Gasteiger partial charge on any atom is -0.417 e. The fourth-order valence-electron chi connectivity index (χ4n) is 4.58. The van der Waals surface area contributed by atoms with Crippen molar-refractivity contribution in [1.29, 1.82) is 0 Å². The van der Waals surface area contributed by atoms with Crippen molar-refractivity contribution in [1.82, 2.24) is 14.3 Å². The van der Waals surface area contributed by atoms with Crippen LogP contribution in [0, 0.1) is 5.82 Å². The van der Waals surface area contributed by atoms with E-state index in [1.54, 1.807) is 0 Å². The zero-order chi connectivity index (χ0) is 30.1. The molecule has 1 aliphatic rings. The van der Waals surface area contributed by atoms with Crippen molar-refractivity contribution in [3.63, 3.8) is 0 Å². The summed E-state index contributed by atoms with van der Waals surface area (Å²) in [6.45, 7) is -1.86. The molecule has 1 aromatic carbocycles. The maximum atomic E-state index is 14.7.